The van der Waals surface area contributed by atoms with Crippen molar-refractivity contribution in [3.8, 4) is 0 Å². The number of amides is 1. The zero-order valence-corrected chi connectivity index (χ0v) is 8.25. The van der Waals surface area contributed by atoms with Crippen molar-refractivity contribution in [1.82, 2.24) is 15.6 Å². The van der Waals surface area contributed by atoms with Gasteiger partial charge < -0.3 is 15.6 Å². The highest BCUT2D eigenvalue weighted by Gasteiger charge is 2.17. The fourth-order valence-electron chi connectivity index (χ4n) is 1.63. The third-order valence-corrected chi connectivity index (χ3v) is 2.43. The van der Waals surface area contributed by atoms with Gasteiger partial charge in [0.05, 0.1) is 0 Å². The molecule has 1 atom stereocenters. The number of pyridine rings is 1. The van der Waals surface area contributed by atoms with Crippen LogP contribution in [0.4, 0.5) is 0 Å². The van der Waals surface area contributed by atoms with E-state index in [0.717, 1.165) is 19.5 Å². The van der Waals surface area contributed by atoms with Crippen molar-refractivity contribution in [2.75, 3.05) is 13.1 Å². The molecule has 3 N–H and O–H groups in total. The maximum atomic E-state index is 11.7. The second-order valence-electron chi connectivity index (χ2n) is 3.60. The van der Waals surface area contributed by atoms with Gasteiger partial charge in [-0.25, -0.2) is 0 Å². The van der Waals surface area contributed by atoms with Gasteiger partial charge in [0.1, 0.15) is 0 Å². The van der Waals surface area contributed by atoms with E-state index in [2.05, 4.69) is 15.6 Å². The van der Waals surface area contributed by atoms with Crippen molar-refractivity contribution in [2.45, 2.75) is 12.5 Å². The summed E-state index contributed by atoms with van der Waals surface area (Å²) in [5, 5.41) is 6.03. The molecule has 0 unspecified atom stereocenters. The SMILES string of the molecule is O=C(N[C@H]1CCNC1)c1cc[nH]c(=O)c1. The second-order valence-corrected chi connectivity index (χ2v) is 3.60. The van der Waals surface area contributed by atoms with Gasteiger partial charge in [-0.15, -0.1) is 0 Å². The Hall–Kier alpha value is -1.62. The number of carbonyl (C=O) groups excluding carboxylic acids is 1. The Kier molecular flexibility index (Phi) is 2.82. The lowest BCUT2D eigenvalue weighted by atomic mass is 10.2. The summed E-state index contributed by atoms with van der Waals surface area (Å²) in [6, 6.07) is 3.08. The van der Waals surface area contributed by atoms with Crippen molar-refractivity contribution in [1.29, 1.82) is 0 Å². The van der Waals surface area contributed by atoms with Crippen molar-refractivity contribution in [3.63, 3.8) is 0 Å². The van der Waals surface area contributed by atoms with Crippen LogP contribution in [0.3, 0.4) is 0 Å². The lowest BCUT2D eigenvalue weighted by Crippen LogP contribution is -2.36. The molecule has 0 aromatic carbocycles. The van der Waals surface area contributed by atoms with Gasteiger partial charge >= 0.3 is 0 Å². The van der Waals surface area contributed by atoms with E-state index in [9.17, 15) is 9.59 Å². The zero-order valence-electron chi connectivity index (χ0n) is 8.25. The second kappa shape index (κ2) is 4.27. The van der Waals surface area contributed by atoms with Crippen LogP contribution in [0.15, 0.2) is 23.1 Å². The molecular formula is C10H13N3O2. The lowest BCUT2D eigenvalue weighted by molar-refractivity contribution is 0.0940. The predicted octanol–water partition coefficient (Wildman–Crippen LogP) is -0.533. The molecule has 2 rings (SSSR count). The molecule has 0 radical (unpaired) electrons. The average Bonchev–Trinajstić information content (AvgIpc) is 2.70. The monoisotopic (exact) mass is 207 g/mol. The summed E-state index contributed by atoms with van der Waals surface area (Å²) in [5.41, 5.74) is 0.151. The molecule has 0 aliphatic carbocycles. The first-order chi connectivity index (χ1) is 7.25. The summed E-state index contributed by atoms with van der Waals surface area (Å²) in [6.45, 7) is 1.73. The van der Waals surface area contributed by atoms with Crippen LogP contribution < -0.4 is 16.2 Å². The summed E-state index contributed by atoms with van der Waals surface area (Å²) >= 11 is 0. The topological polar surface area (TPSA) is 74.0 Å². The molecule has 2 heterocycles. The van der Waals surface area contributed by atoms with Crippen LogP contribution in [-0.4, -0.2) is 30.0 Å². The molecule has 0 spiro atoms. The largest absolute Gasteiger partial charge is 0.348 e. The summed E-state index contributed by atoms with van der Waals surface area (Å²) < 4.78 is 0. The highest BCUT2D eigenvalue weighted by molar-refractivity contribution is 5.94. The van der Waals surface area contributed by atoms with Gasteiger partial charge in [-0.05, 0) is 19.0 Å². The normalized spacial score (nSPS) is 20.1. The number of aromatic amines is 1. The third-order valence-electron chi connectivity index (χ3n) is 2.43. The van der Waals surface area contributed by atoms with E-state index in [1.807, 2.05) is 0 Å². The molecule has 0 saturated carbocycles. The van der Waals surface area contributed by atoms with Crippen LogP contribution in [0.5, 0.6) is 0 Å². The van der Waals surface area contributed by atoms with Crippen molar-refractivity contribution < 1.29 is 4.79 Å². The Morgan fingerprint density at radius 3 is 3.07 bits per heavy atom. The highest BCUT2D eigenvalue weighted by atomic mass is 16.2. The highest BCUT2D eigenvalue weighted by Crippen LogP contribution is 2.00. The molecule has 1 aromatic rings. The Morgan fingerprint density at radius 2 is 2.40 bits per heavy atom. The zero-order chi connectivity index (χ0) is 10.7. The van der Waals surface area contributed by atoms with Crippen LogP contribution in [-0.2, 0) is 0 Å². The Labute approximate surface area is 86.9 Å². The minimum absolute atomic E-state index is 0.178. The van der Waals surface area contributed by atoms with E-state index in [1.54, 1.807) is 6.07 Å². The van der Waals surface area contributed by atoms with Crippen LogP contribution >= 0.6 is 0 Å². The maximum absolute atomic E-state index is 11.7. The van der Waals surface area contributed by atoms with E-state index in [0.29, 0.717) is 5.56 Å². The number of hydrogen-bond acceptors (Lipinski definition) is 3. The summed E-state index contributed by atoms with van der Waals surface area (Å²) in [4.78, 5) is 25.1. The molecule has 1 aromatic heterocycles. The summed E-state index contributed by atoms with van der Waals surface area (Å²) in [7, 11) is 0. The third kappa shape index (κ3) is 2.44. The standard InChI is InChI=1S/C10H13N3O2/c14-9-5-7(1-4-12-9)10(15)13-8-2-3-11-6-8/h1,4-5,8,11H,2-3,6H2,(H,12,14)(H,13,15)/t8-/m0/s1. The van der Waals surface area contributed by atoms with Crippen LogP contribution in [0.1, 0.15) is 16.8 Å². The molecule has 0 bridgehead atoms. The molecule has 1 saturated heterocycles. The van der Waals surface area contributed by atoms with Gasteiger partial charge in [-0.1, -0.05) is 0 Å². The average molecular weight is 207 g/mol. The van der Waals surface area contributed by atoms with Gasteiger partial charge in [0.2, 0.25) is 5.56 Å². The number of rotatable bonds is 2. The molecule has 1 aliphatic heterocycles. The first-order valence-corrected chi connectivity index (χ1v) is 4.96. The predicted molar refractivity (Wildman–Crippen MR) is 55.8 cm³/mol. The maximum Gasteiger partial charge on any atom is 0.251 e. The van der Waals surface area contributed by atoms with Crippen LogP contribution in [0.2, 0.25) is 0 Å². The number of nitrogens with one attached hydrogen (secondary N) is 3. The summed E-state index contributed by atoms with van der Waals surface area (Å²) in [6.07, 6.45) is 2.42. The van der Waals surface area contributed by atoms with E-state index < -0.39 is 0 Å². The van der Waals surface area contributed by atoms with Gasteiger partial charge in [-0.3, -0.25) is 9.59 Å². The molecule has 5 heteroatoms. The van der Waals surface area contributed by atoms with Crippen LogP contribution in [0.25, 0.3) is 0 Å². The van der Waals surface area contributed by atoms with Gasteiger partial charge in [0.25, 0.3) is 5.91 Å². The number of carbonyl (C=O) groups is 1. The van der Waals surface area contributed by atoms with E-state index in [-0.39, 0.29) is 17.5 Å². The first-order valence-electron chi connectivity index (χ1n) is 4.96. The fourth-order valence-corrected chi connectivity index (χ4v) is 1.63. The molecule has 1 amide bonds. The quantitative estimate of drug-likeness (QED) is 0.610. The molecule has 15 heavy (non-hydrogen) atoms. The van der Waals surface area contributed by atoms with Gasteiger partial charge in [0, 0.05) is 30.4 Å². The van der Waals surface area contributed by atoms with E-state index in [4.69, 9.17) is 0 Å². The van der Waals surface area contributed by atoms with Crippen molar-refractivity contribution in [2.24, 2.45) is 0 Å². The Morgan fingerprint density at radius 1 is 1.53 bits per heavy atom. The smallest absolute Gasteiger partial charge is 0.251 e. The minimum atomic E-state index is -0.257. The Bertz CT molecular complexity index is 407. The van der Waals surface area contributed by atoms with E-state index >= 15 is 0 Å². The molecule has 5 nitrogen and oxygen atoms in total. The fraction of sp³-hybridized carbons (Fsp3) is 0.400. The number of hydrogen-bond donors (Lipinski definition) is 3. The first kappa shape index (κ1) is 9.92. The minimum Gasteiger partial charge on any atom is -0.348 e. The molecule has 1 aliphatic rings. The number of aromatic nitrogens is 1. The van der Waals surface area contributed by atoms with Crippen molar-refractivity contribution in [3.05, 3.63) is 34.2 Å². The van der Waals surface area contributed by atoms with E-state index in [1.165, 1.54) is 12.3 Å². The Balaban J connectivity index is 2.04. The number of H-pyrrole nitrogens is 1. The van der Waals surface area contributed by atoms with Crippen molar-refractivity contribution >= 4 is 5.91 Å². The molecule has 80 valence electrons. The molecular weight excluding hydrogens is 194 g/mol. The van der Waals surface area contributed by atoms with Crippen LogP contribution in [0, 0.1) is 0 Å². The lowest BCUT2D eigenvalue weighted by Gasteiger charge is -2.10. The summed E-state index contributed by atoms with van der Waals surface area (Å²) in [5.74, 6) is -0.185. The van der Waals surface area contributed by atoms with Gasteiger partial charge in [0.15, 0.2) is 0 Å². The molecule has 1 fully saturated rings. The van der Waals surface area contributed by atoms with Gasteiger partial charge in [-0.2, -0.15) is 0 Å².